The molecule has 108 valence electrons. The van der Waals surface area contributed by atoms with Gasteiger partial charge in [0, 0.05) is 18.0 Å². The number of hydrogen-bond acceptors (Lipinski definition) is 3. The Hall–Kier alpha value is -0.880. The normalized spacial score (nSPS) is 12.6. The number of carbonyl (C=O) groups excluding carboxylic acids is 1. The first-order chi connectivity index (χ1) is 8.53. The van der Waals surface area contributed by atoms with Crippen LogP contribution in [-0.2, 0) is 7.05 Å². The fourth-order valence-corrected chi connectivity index (χ4v) is 1.95. The highest BCUT2D eigenvalue weighted by molar-refractivity contribution is 9.10. The van der Waals surface area contributed by atoms with Crippen LogP contribution in [0.3, 0.4) is 0 Å². The van der Waals surface area contributed by atoms with Gasteiger partial charge in [-0.25, -0.2) is 0 Å². The lowest BCUT2D eigenvalue weighted by Gasteiger charge is -2.40. The SMILES string of the molecule is Cc1c(Br)c(C(=O)NC(C)(C)C(C)(C)CO)nn1C. The van der Waals surface area contributed by atoms with Crippen molar-refractivity contribution in [3.05, 3.63) is 15.9 Å². The van der Waals surface area contributed by atoms with Crippen LogP contribution < -0.4 is 5.32 Å². The number of halogens is 1. The topological polar surface area (TPSA) is 67.2 Å². The van der Waals surface area contributed by atoms with E-state index in [0.717, 1.165) is 5.69 Å². The zero-order chi connectivity index (χ0) is 15.0. The zero-order valence-corrected chi connectivity index (χ0v) is 13.9. The van der Waals surface area contributed by atoms with Gasteiger partial charge in [-0.1, -0.05) is 13.8 Å². The van der Waals surface area contributed by atoms with Gasteiger partial charge in [-0.05, 0) is 36.7 Å². The Balaban J connectivity index is 3.00. The van der Waals surface area contributed by atoms with Crippen molar-refractivity contribution in [2.75, 3.05) is 6.61 Å². The molecule has 0 bridgehead atoms. The first kappa shape index (κ1) is 16.2. The van der Waals surface area contributed by atoms with E-state index in [0.29, 0.717) is 10.2 Å². The van der Waals surface area contributed by atoms with Crippen molar-refractivity contribution in [1.82, 2.24) is 15.1 Å². The summed E-state index contributed by atoms with van der Waals surface area (Å²) in [7, 11) is 1.79. The number of aliphatic hydroxyl groups is 1. The van der Waals surface area contributed by atoms with Gasteiger partial charge >= 0.3 is 0 Å². The zero-order valence-electron chi connectivity index (χ0n) is 12.3. The summed E-state index contributed by atoms with van der Waals surface area (Å²) in [6.07, 6.45) is 0. The van der Waals surface area contributed by atoms with Crippen molar-refractivity contribution in [3.8, 4) is 0 Å². The highest BCUT2D eigenvalue weighted by Crippen LogP contribution is 2.30. The molecule has 0 aliphatic rings. The van der Waals surface area contributed by atoms with Gasteiger partial charge in [0.2, 0.25) is 0 Å². The van der Waals surface area contributed by atoms with Crippen molar-refractivity contribution < 1.29 is 9.90 Å². The molecule has 0 saturated heterocycles. The molecule has 0 fully saturated rings. The Labute approximate surface area is 122 Å². The molecule has 19 heavy (non-hydrogen) atoms. The number of aliphatic hydroxyl groups excluding tert-OH is 1. The number of aryl methyl sites for hydroxylation is 1. The second kappa shape index (κ2) is 5.25. The Kier molecular flexibility index (Phi) is 4.47. The van der Waals surface area contributed by atoms with Crippen molar-refractivity contribution in [2.45, 2.75) is 40.2 Å². The molecule has 1 heterocycles. The summed E-state index contributed by atoms with van der Waals surface area (Å²) in [5, 5.41) is 16.6. The van der Waals surface area contributed by atoms with Crippen LogP contribution in [0, 0.1) is 12.3 Å². The van der Waals surface area contributed by atoms with Gasteiger partial charge in [0.15, 0.2) is 5.69 Å². The highest BCUT2D eigenvalue weighted by atomic mass is 79.9. The number of amides is 1. The lowest BCUT2D eigenvalue weighted by atomic mass is 9.75. The fourth-order valence-electron chi connectivity index (χ4n) is 1.44. The third-order valence-electron chi connectivity index (χ3n) is 3.99. The Morgan fingerprint density at radius 3 is 2.32 bits per heavy atom. The summed E-state index contributed by atoms with van der Waals surface area (Å²) >= 11 is 3.38. The molecule has 0 aromatic carbocycles. The first-order valence-corrected chi connectivity index (χ1v) is 6.95. The van der Waals surface area contributed by atoms with Crippen molar-refractivity contribution >= 4 is 21.8 Å². The second-order valence-electron chi connectivity index (χ2n) is 5.99. The molecule has 1 amide bonds. The number of nitrogens with zero attached hydrogens (tertiary/aromatic N) is 2. The van der Waals surface area contributed by atoms with Crippen LogP contribution in [-0.4, -0.2) is 32.9 Å². The number of hydrogen-bond donors (Lipinski definition) is 2. The second-order valence-corrected chi connectivity index (χ2v) is 6.79. The molecule has 6 heteroatoms. The average Bonchev–Trinajstić information content (AvgIpc) is 2.56. The number of rotatable bonds is 4. The van der Waals surface area contributed by atoms with E-state index in [9.17, 15) is 9.90 Å². The van der Waals surface area contributed by atoms with Gasteiger partial charge in [0.05, 0.1) is 16.8 Å². The molecule has 5 nitrogen and oxygen atoms in total. The maximum absolute atomic E-state index is 12.3. The van der Waals surface area contributed by atoms with Crippen LogP contribution in [0.5, 0.6) is 0 Å². The summed E-state index contributed by atoms with van der Waals surface area (Å²) < 4.78 is 2.36. The van der Waals surface area contributed by atoms with E-state index in [1.54, 1.807) is 11.7 Å². The summed E-state index contributed by atoms with van der Waals surface area (Å²) in [5.74, 6) is -0.248. The van der Waals surface area contributed by atoms with Gasteiger partial charge in [0.1, 0.15) is 0 Å². The Bertz CT molecular complexity index is 492. The van der Waals surface area contributed by atoms with E-state index >= 15 is 0 Å². The number of carbonyl (C=O) groups is 1. The Morgan fingerprint density at radius 2 is 1.95 bits per heavy atom. The third-order valence-corrected chi connectivity index (χ3v) is 4.94. The maximum Gasteiger partial charge on any atom is 0.273 e. The van der Waals surface area contributed by atoms with E-state index in [2.05, 4.69) is 26.3 Å². The predicted octanol–water partition coefficient (Wildman–Crippen LogP) is 2.02. The molecule has 1 aromatic rings. The van der Waals surface area contributed by atoms with Gasteiger partial charge in [-0.15, -0.1) is 0 Å². The largest absolute Gasteiger partial charge is 0.396 e. The molecular weight excluding hydrogens is 310 g/mol. The summed E-state index contributed by atoms with van der Waals surface area (Å²) in [4.78, 5) is 12.3. The molecule has 1 aromatic heterocycles. The molecule has 0 spiro atoms. The molecule has 0 unspecified atom stereocenters. The van der Waals surface area contributed by atoms with Gasteiger partial charge < -0.3 is 10.4 Å². The minimum Gasteiger partial charge on any atom is -0.396 e. The van der Waals surface area contributed by atoms with Crippen molar-refractivity contribution in [1.29, 1.82) is 0 Å². The van der Waals surface area contributed by atoms with E-state index in [1.807, 2.05) is 34.6 Å². The molecule has 0 saturated carbocycles. The van der Waals surface area contributed by atoms with Gasteiger partial charge in [0.25, 0.3) is 5.91 Å². The van der Waals surface area contributed by atoms with Crippen LogP contribution in [0.15, 0.2) is 4.47 Å². The standard InChI is InChI=1S/C13H22BrN3O2/c1-8-9(14)10(16-17(8)6)11(19)15-13(4,5)12(2,3)7-18/h18H,7H2,1-6H3,(H,15,19). The predicted molar refractivity (Wildman–Crippen MR) is 78.1 cm³/mol. The van der Waals surface area contributed by atoms with E-state index in [-0.39, 0.29) is 12.5 Å². The minimum absolute atomic E-state index is 0.0112. The number of aromatic nitrogens is 2. The van der Waals surface area contributed by atoms with E-state index in [4.69, 9.17) is 0 Å². The summed E-state index contributed by atoms with van der Waals surface area (Å²) in [6, 6.07) is 0. The molecule has 0 aliphatic carbocycles. The maximum atomic E-state index is 12.3. The first-order valence-electron chi connectivity index (χ1n) is 6.16. The smallest absolute Gasteiger partial charge is 0.273 e. The summed E-state index contributed by atoms with van der Waals surface area (Å²) in [5.41, 5.74) is 0.272. The molecular formula is C13H22BrN3O2. The lowest BCUT2D eigenvalue weighted by Crippen LogP contribution is -2.55. The van der Waals surface area contributed by atoms with Crippen LogP contribution in [0.2, 0.25) is 0 Å². The molecule has 1 rings (SSSR count). The quantitative estimate of drug-likeness (QED) is 0.886. The molecule has 2 N–H and O–H groups in total. The molecule has 0 radical (unpaired) electrons. The summed E-state index contributed by atoms with van der Waals surface area (Å²) in [6.45, 7) is 9.48. The van der Waals surface area contributed by atoms with E-state index < -0.39 is 11.0 Å². The number of nitrogens with one attached hydrogen (secondary N) is 1. The fraction of sp³-hybridized carbons (Fsp3) is 0.692. The Morgan fingerprint density at radius 1 is 1.42 bits per heavy atom. The van der Waals surface area contributed by atoms with Gasteiger partial charge in [-0.3, -0.25) is 9.48 Å². The van der Waals surface area contributed by atoms with Gasteiger partial charge in [-0.2, -0.15) is 5.10 Å². The van der Waals surface area contributed by atoms with Crippen LogP contribution in [0.25, 0.3) is 0 Å². The van der Waals surface area contributed by atoms with Crippen molar-refractivity contribution in [2.24, 2.45) is 12.5 Å². The average molecular weight is 332 g/mol. The molecule has 0 atom stereocenters. The monoisotopic (exact) mass is 331 g/mol. The van der Waals surface area contributed by atoms with Crippen LogP contribution in [0.1, 0.15) is 43.9 Å². The van der Waals surface area contributed by atoms with E-state index in [1.165, 1.54) is 0 Å². The lowest BCUT2D eigenvalue weighted by molar-refractivity contribution is 0.0568. The van der Waals surface area contributed by atoms with Crippen LogP contribution >= 0.6 is 15.9 Å². The molecule has 0 aliphatic heterocycles. The van der Waals surface area contributed by atoms with Crippen LogP contribution in [0.4, 0.5) is 0 Å². The minimum atomic E-state index is -0.552. The third kappa shape index (κ3) is 3.00. The van der Waals surface area contributed by atoms with Crippen molar-refractivity contribution in [3.63, 3.8) is 0 Å². The highest BCUT2D eigenvalue weighted by Gasteiger charge is 2.38.